The van der Waals surface area contributed by atoms with Gasteiger partial charge in [-0.1, -0.05) is 6.07 Å². The fourth-order valence-corrected chi connectivity index (χ4v) is 2.71. The van der Waals surface area contributed by atoms with Crippen molar-refractivity contribution < 1.29 is 9.53 Å². The minimum Gasteiger partial charge on any atom is -0.468 e. The third-order valence-corrected chi connectivity index (χ3v) is 4.05. The van der Waals surface area contributed by atoms with Crippen LogP contribution in [0.2, 0.25) is 0 Å². The summed E-state index contributed by atoms with van der Waals surface area (Å²) in [6.07, 6.45) is 6.40. The van der Waals surface area contributed by atoms with Crippen molar-refractivity contribution in [2.75, 3.05) is 7.11 Å². The van der Waals surface area contributed by atoms with E-state index < -0.39 is 0 Å². The lowest BCUT2D eigenvalue weighted by atomic mass is 10.2. The van der Waals surface area contributed by atoms with Crippen LogP contribution < -0.4 is 0 Å². The number of aromatic nitrogens is 2. The first-order valence-corrected chi connectivity index (χ1v) is 7.36. The summed E-state index contributed by atoms with van der Waals surface area (Å²) in [7, 11) is 1.44. The number of hydrogen-bond donors (Lipinski definition) is 0. The van der Waals surface area contributed by atoms with Crippen LogP contribution in [0.15, 0.2) is 24.5 Å². The molecule has 0 radical (unpaired) electrons. The minimum atomic E-state index is -0.228. The van der Waals surface area contributed by atoms with Gasteiger partial charge in [-0.05, 0) is 38.3 Å². The smallest absolute Gasteiger partial charge is 0.322 e. The lowest BCUT2D eigenvalue weighted by Gasteiger charge is -2.26. The molecule has 2 aromatic rings. The van der Waals surface area contributed by atoms with E-state index in [0.717, 1.165) is 24.2 Å². The molecule has 0 bridgehead atoms. The van der Waals surface area contributed by atoms with E-state index in [-0.39, 0.29) is 12.0 Å². The van der Waals surface area contributed by atoms with E-state index in [2.05, 4.69) is 29.1 Å². The Kier molecular flexibility index (Phi) is 3.68. The summed E-state index contributed by atoms with van der Waals surface area (Å²) in [5, 5.41) is 0. The maximum atomic E-state index is 11.8. The molecule has 21 heavy (non-hydrogen) atoms. The molecule has 0 aromatic carbocycles. The maximum absolute atomic E-state index is 11.8. The average Bonchev–Trinajstić information content (AvgIpc) is 3.23. The first-order chi connectivity index (χ1) is 10.1. The van der Waals surface area contributed by atoms with Gasteiger partial charge in [0.2, 0.25) is 0 Å². The second-order valence-electron chi connectivity index (χ2n) is 5.81. The summed E-state index contributed by atoms with van der Waals surface area (Å²) in [6.45, 7) is 4.65. The molecule has 3 rings (SSSR count). The summed E-state index contributed by atoms with van der Waals surface area (Å²) in [4.78, 5) is 18.6. The number of esters is 1. The highest BCUT2D eigenvalue weighted by molar-refractivity contribution is 5.75. The second-order valence-corrected chi connectivity index (χ2v) is 5.81. The molecule has 5 heteroatoms. The topological polar surface area (TPSA) is 46.8 Å². The number of methoxy groups -OCH3 is 1. The molecule has 0 spiro atoms. The Morgan fingerprint density at radius 3 is 2.90 bits per heavy atom. The van der Waals surface area contributed by atoms with E-state index in [1.165, 1.54) is 12.7 Å². The van der Waals surface area contributed by atoms with Gasteiger partial charge in [-0.3, -0.25) is 9.69 Å². The first kappa shape index (κ1) is 14.1. The van der Waals surface area contributed by atoms with E-state index in [9.17, 15) is 4.79 Å². The highest BCUT2D eigenvalue weighted by Gasteiger charge is 2.35. The van der Waals surface area contributed by atoms with Crippen molar-refractivity contribution in [3.63, 3.8) is 0 Å². The molecule has 0 unspecified atom stereocenters. The Morgan fingerprint density at radius 1 is 1.48 bits per heavy atom. The molecule has 1 aliphatic carbocycles. The van der Waals surface area contributed by atoms with Crippen molar-refractivity contribution in [1.29, 1.82) is 0 Å². The summed E-state index contributed by atoms with van der Waals surface area (Å²) in [6, 6.07) is 4.32. The van der Waals surface area contributed by atoms with Crippen LogP contribution >= 0.6 is 0 Å². The lowest BCUT2D eigenvalue weighted by molar-refractivity contribution is -0.146. The number of carbonyl (C=O) groups excluding carboxylic acids is 1. The summed E-state index contributed by atoms with van der Waals surface area (Å²) < 4.78 is 6.92. The summed E-state index contributed by atoms with van der Waals surface area (Å²) in [5.74, 6) is -0.179. The SMILES string of the molecule is COC(=O)[C@H](C)N(Cc1cn2cc(C)ccc2n1)C1CC1. The zero-order valence-corrected chi connectivity index (χ0v) is 12.7. The molecule has 2 aromatic heterocycles. The number of carbonyl (C=O) groups is 1. The Morgan fingerprint density at radius 2 is 2.24 bits per heavy atom. The van der Waals surface area contributed by atoms with Gasteiger partial charge in [0.1, 0.15) is 11.7 Å². The van der Waals surface area contributed by atoms with Crippen LogP contribution in [-0.2, 0) is 16.1 Å². The number of imidazole rings is 1. The van der Waals surface area contributed by atoms with Gasteiger partial charge >= 0.3 is 5.97 Å². The molecule has 0 amide bonds. The number of hydrogen-bond acceptors (Lipinski definition) is 4. The van der Waals surface area contributed by atoms with Gasteiger partial charge in [0, 0.05) is 25.0 Å². The number of fused-ring (bicyclic) bond motifs is 1. The second kappa shape index (κ2) is 5.48. The fraction of sp³-hybridized carbons (Fsp3) is 0.500. The van der Waals surface area contributed by atoms with Crippen molar-refractivity contribution in [1.82, 2.24) is 14.3 Å². The van der Waals surface area contributed by atoms with Gasteiger partial charge in [-0.15, -0.1) is 0 Å². The normalized spacial score (nSPS) is 16.4. The van der Waals surface area contributed by atoms with E-state index in [1.54, 1.807) is 0 Å². The largest absolute Gasteiger partial charge is 0.468 e. The Hall–Kier alpha value is -1.88. The monoisotopic (exact) mass is 287 g/mol. The standard InChI is InChI=1S/C16H21N3O2/c1-11-4-7-15-17-13(9-18(15)8-11)10-19(14-5-6-14)12(2)16(20)21-3/h4,7-9,12,14H,5-6,10H2,1-3H3/t12-/m0/s1. The van der Waals surface area contributed by atoms with Gasteiger partial charge < -0.3 is 9.14 Å². The van der Waals surface area contributed by atoms with Crippen LogP contribution in [0.25, 0.3) is 5.65 Å². The molecular weight excluding hydrogens is 266 g/mol. The van der Waals surface area contributed by atoms with Crippen molar-refractivity contribution in [2.24, 2.45) is 0 Å². The minimum absolute atomic E-state index is 0.179. The summed E-state index contributed by atoms with van der Waals surface area (Å²) in [5.41, 5.74) is 3.13. The number of ether oxygens (including phenoxy) is 1. The lowest BCUT2D eigenvalue weighted by Crippen LogP contribution is -2.40. The molecule has 1 saturated carbocycles. The van der Waals surface area contributed by atoms with Crippen LogP contribution in [0.5, 0.6) is 0 Å². The fourth-order valence-electron chi connectivity index (χ4n) is 2.71. The molecule has 0 saturated heterocycles. The third-order valence-electron chi connectivity index (χ3n) is 4.05. The van der Waals surface area contributed by atoms with Crippen LogP contribution in [-0.4, -0.2) is 39.4 Å². The molecule has 0 aliphatic heterocycles. The van der Waals surface area contributed by atoms with Crippen molar-refractivity contribution in [3.05, 3.63) is 35.8 Å². The number of pyridine rings is 1. The zero-order valence-electron chi connectivity index (χ0n) is 12.7. The Labute approximate surface area is 124 Å². The maximum Gasteiger partial charge on any atom is 0.322 e. The average molecular weight is 287 g/mol. The first-order valence-electron chi connectivity index (χ1n) is 7.36. The van der Waals surface area contributed by atoms with Crippen molar-refractivity contribution >= 4 is 11.6 Å². The van der Waals surface area contributed by atoms with Crippen LogP contribution in [0.4, 0.5) is 0 Å². The van der Waals surface area contributed by atoms with Crippen molar-refractivity contribution in [2.45, 2.75) is 45.3 Å². The number of aryl methyl sites for hydroxylation is 1. The molecule has 5 nitrogen and oxygen atoms in total. The van der Waals surface area contributed by atoms with Crippen molar-refractivity contribution in [3.8, 4) is 0 Å². The Bertz CT molecular complexity index is 661. The molecule has 1 aliphatic rings. The quantitative estimate of drug-likeness (QED) is 0.791. The zero-order chi connectivity index (χ0) is 15.0. The van der Waals surface area contributed by atoms with Crippen LogP contribution in [0.1, 0.15) is 31.0 Å². The van der Waals surface area contributed by atoms with Crippen LogP contribution in [0.3, 0.4) is 0 Å². The predicted molar refractivity (Wildman–Crippen MR) is 80.0 cm³/mol. The van der Waals surface area contributed by atoms with Gasteiger partial charge in [0.05, 0.1) is 12.8 Å². The molecule has 0 N–H and O–H groups in total. The van der Waals surface area contributed by atoms with E-state index in [1.807, 2.05) is 23.6 Å². The molecule has 2 heterocycles. The predicted octanol–water partition coefficient (Wildman–Crippen LogP) is 2.17. The van der Waals surface area contributed by atoms with E-state index >= 15 is 0 Å². The molecule has 1 atom stereocenters. The number of rotatable bonds is 5. The molecule has 1 fully saturated rings. The number of nitrogens with zero attached hydrogens (tertiary/aromatic N) is 3. The Balaban J connectivity index is 1.82. The molecular formula is C16H21N3O2. The van der Waals surface area contributed by atoms with E-state index in [4.69, 9.17) is 4.74 Å². The highest BCUT2D eigenvalue weighted by Crippen LogP contribution is 2.30. The van der Waals surface area contributed by atoms with Gasteiger partial charge in [-0.2, -0.15) is 0 Å². The molecule has 112 valence electrons. The van der Waals surface area contributed by atoms with Crippen LogP contribution in [0, 0.1) is 6.92 Å². The van der Waals surface area contributed by atoms with E-state index in [0.29, 0.717) is 12.6 Å². The summed E-state index contributed by atoms with van der Waals surface area (Å²) >= 11 is 0. The van der Waals surface area contributed by atoms with Gasteiger partial charge in [-0.25, -0.2) is 4.98 Å². The highest BCUT2D eigenvalue weighted by atomic mass is 16.5. The third kappa shape index (κ3) is 2.93. The van der Waals surface area contributed by atoms with Gasteiger partial charge in [0.15, 0.2) is 0 Å². The van der Waals surface area contributed by atoms with Gasteiger partial charge in [0.25, 0.3) is 0 Å².